The SMILES string of the molecule is C=C(CN1CCSCC1)C(=O)CC[C@H](CC1CCCCC1)NC(=O)[C@@H](CC(C)=O)Cc1nc2ccc(CC)cc2s1. The van der Waals surface area contributed by atoms with Gasteiger partial charge in [-0.3, -0.25) is 14.5 Å². The number of rotatable bonds is 15. The number of carbonyl (C=O) groups is 3. The van der Waals surface area contributed by atoms with E-state index in [2.05, 4.69) is 35.9 Å². The second-order valence-electron chi connectivity index (χ2n) is 12.0. The number of aryl methyl sites for hydroxylation is 1. The maximum Gasteiger partial charge on any atom is 0.224 e. The molecule has 1 aliphatic carbocycles. The summed E-state index contributed by atoms with van der Waals surface area (Å²) < 4.78 is 1.12. The van der Waals surface area contributed by atoms with E-state index in [4.69, 9.17) is 4.98 Å². The highest BCUT2D eigenvalue weighted by molar-refractivity contribution is 7.99. The summed E-state index contributed by atoms with van der Waals surface area (Å²) in [6.45, 7) is 10.4. The van der Waals surface area contributed by atoms with Crippen molar-refractivity contribution < 1.29 is 14.4 Å². The number of hydrogen-bond donors (Lipinski definition) is 1. The van der Waals surface area contributed by atoms with Crippen LogP contribution in [-0.4, -0.2) is 64.5 Å². The zero-order chi connectivity index (χ0) is 29.2. The zero-order valence-electron chi connectivity index (χ0n) is 24.9. The summed E-state index contributed by atoms with van der Waals surface area (Å²) >= 11 is 3.57. The second kappa shape index (κ2) is 16.0. The minimum Gasteiger partial charge on any atom is -0.353 e. The molecule has 1 aliphatic heterocycles. The number of fused-ring (bicyclic) bond motifs is 1. The van der Waals surface area contributed by atoms with Gasteiger partial charge in [-0.1, -0.05) is 51.7 Å². The van der Waals surface area contributed by atoms with E-state index in [1.54, 1.807) is 18.3 Å². The first-order valence-corrected chi connectivity index (χ1v) is 17.5. The molecule has 0 bridgehead atoms. The molecule has 2 aromatic rings. The van der Waals surface area contributed by atoms with Crippen LogP contribution < -0.4 is 5.32 Å². The number of amides is 1. The van der Waals surface area contributed by atoms with Crippen molar-refractivity contribution in [3.05, 3.63) is 40.9 Å². The molecule has 2 aliphatic rings. The van der Waals surface area contributed by atoms with Crippen molar-refractivity contribution in [1.82, 2.24) is 15.2 Å². The van der Waals surface area contributed by atoms with Crippen molar-refractivity contribution in [2.45, 2.75) is 90.5 Å². The molecule has 1 N–H and O–H groups in total. The van der Waals surface area contributed by atoms with Crippen LogP contribution in [0, 0.1) is 11.8 Å². The molecule has 8 heteroatoms. The second-order valence-corrected chi connectivity index (χ2v) is 14.3. The summed E-state index contributed by atoms with van der Waals surface area (Å²) in [5, 5.41) is 4.20. The van der Waals surface area contributed by atoms with Crippen molar-refractivity contribution in [3.63, 3.8) is 0 Å². The van der Waals surface area contributed by atoms with Gasteiger partial charge in [-0.15, -0.1) is 11.3 Å². The first-order valence-electron chi connectivity index (χ1n) is 15.5. The number of hydrogen-bond acceptors (Lipinski definition) is 7. The maximum absolute atomic E-state index is 13.7. The lowest BCUT2D eigenvalue weighted by molar-refractivity contribution is -0.129. The van der Waals surface area contributed by atoms with Crippen LogP contribution in [-0.2, 0) is 27.2 Å². The normalized spacial score (nSPS) is 18.2. The summed E-state index contributed by atoms with van der Waals surface area (Å²) in [7, 11) is 0. The minimum absolute atomic E-state index is 0.00551. The molecule has 6 nitrogen and oxygen atoms in total. The maximum atomic E-state index is 13.7. The van der Waals surface area contributed by atoms with E-state index in [0.717, 1.165) is 52.7 Å². The van der Waals surface area contributed by atoms with Crippen molar-refractivity contribution in [2.75, 3.05) is 31.1 Å². The predicted octanol–water partition coefficient (Wildman–Crippen LogP) is 6.41. The van der Waals surface area contributed by atoms with Gasteiger partial charge < -0.3 is 10.1 Å². The molecule has 0 radical (unpaired) electrons. The van der Waals surface area contributed by atoms with Gasteiger partial charge in [0.1, 0.15) is 5.78 Å². The Kier molecular flexibility index (Phi) is 12.4. The third-order valence-corrected chi connectivity index (χ3v) is 10.5. The lowest BCUT2D eigenvalue weighted by Gasteiger charge is -2.29. The summed E-state index contributed by atoms with van der Waals surface area (Å²) in [6, 6.07) is 6.24. The smallest absolute Gasteiger partial charge is 0.224 e. The Balaban J connectivity index is 1.41. The fourth-order valence-corrected chi connectivity index (χ4v) is 8.22. The molecule has 2 fully saturated rings. The molecular formula is C33H47N3O3S2. The van der Waals surface area contributed by atoms with E-state index < -0.39 is 5.92 Å². The van der Waals surface area contributed by atoms with Crippen molar-refractivity contribution in [2.24, 2.45) is 11.8 Å². The zero-order valence-corrected chi connectivity index (χ0v) is 26.6. The molecule has 2 atom stereocenters. The van der Waals surface area contributed by atoms with Crippen LogP contribution in [0.4, 0.5) is 0 Å². The summed E-state index contributed by atoms with van der Waals surface area (Å²) in [6.07, 6.45) is 9.63. The minimum atomic E-state index is -0.463. The third-order valence-electron chi connectivity index (χ3n) is 8.55. The van der Waals surface area contributed by atoms with E-state index in [-0.39, 0.29) is 29.9 Å². The van der Waals surface area contributed by atoms with Crippen LogP contribution in [0.1, 0.15) is 82.2 Å². The lowest BCUT2D eigenvalue weighted by atomic mass is 9.83. The fourth-order valence-electron chi connectivity index (χ4n) is 6.13. The lowest BCUT2D eigenvalue weighted by Crippen LogP contribution is -2.41. The third kappa shape index (κ3) is 10.0. The number of benzene rings is 1. The van der Waals surface area contributed by atoms with Gasteiger partial charge in [0.2, 0.25) is 5.91 Å². The van der Waals surface area contributed by atoms with Gasteiger partial charge in [0, 0.05) is 62.0 Å². The van der Waals surface area contributed by atoms with Gasteiger partial charge in [-0.05, 0) is 49.8 Å². The molecule has 1 saturated carbocycles. The highest BCUT2D eigenvalue weighted by Crippen LogP contribution is 2.30. The van der Waals surface area contributed by atoms with Crippen LogP contribution in [0.15, 0.2) is 30.4 Å². The monoisotopic (exact) mass is 597 g/mol. The van der Waals surface area contributed by atoms with Gasteiger partial charge in [0.25, 0.3) is 0 Å². The van der Waals surface area contributed by atoms with Crippen LogP contribution in [0.5, 0.6) is 0 Å². The number of nitrogens with zero attached hydrogens (tertiary/aromatic N) is 2. The van der Waals surface area contributed by atoms with Gasteiger partial charge in [-0.2, -0.15) is 11.8 Å². The Labute approximate surface area is 254 Å². The van der Waals surface area contributed by atoms with Crippen LogP contribution in [0.2, 0.25) is 0 Å². The fraction of sp³-hybridized carbons (Fsp3) is 0.636. The largest absolute Gasteiger partial charge is 0.353 e. The summed E-state index contributed by atoms with van der Waals surface area (Å²) in [5.41, 5.74) is 2.89. The molecule has 1 saturated heterocycles. The standard InChI is InChI=1S/C33H47N3O3S2/c1-4-25-10-12-29-31(20-25)41-32(35-29)21-27(18-24(3)37)33(39)34-28(19-26-8-6-5-7-9-26)11-13-30(38)23(2)22-36-14-16-40-17-15-36/h10,12,20,26-28H,2,4-9,11,13-19,21-22H2,1,3H3,(H,34,39)/t27-,28+/m0/s1. The number of thiazole rings is 1. The molecule has 1 aromatic carbocycles. The molecule has 224 valence electrons. The van der Waals surface area contributed by atoms with E-state index in [9.17, 15) is 14.4 Å². The molecule has 0 unspecified atom stereocenters. The van der Waals surface area contributed by atoms with E-state index in [1.165, 1.54) is 37.7 Å². The molecule has 1 amide bonds. The molecule has 41 heavy (non-hydrogen) atoms. The van der Waals surface area contributed by atoms with E-state index in [1.807, 2.05) is 17.8 Å². The topological polar surface area (TPSA) is 79.4 Å². The molecule has 0 spiro atoms. The van der Waals surface area contributed by atoms with E-state index >= 15 is 0 Å². The molecule has 4 rings (SSSR count). The average Bonchev–Trinajstić information content (AvgIpc) is 3.37. The Morgan fingerprint density at radius 2 is 1.90 bits per heavy atom. The van der Waals surface area contributed by atoms with Gasteiger partial charge in [-0.25, -0.2) is 4.98 Å². The average molecular weight is 598 g/mol. The number of Topliss-reactive ketones (excluding diaryl/α,β-unsaturated/α-hetero) is 2. The highest BCUT2D eigenvalue weighted by atomic mass is 32.2. The molecular weight excluding hydrogens is 551 g/mol. The molecule has 1 aromatic heterocycles. The van der Waals surface area contributed by atoms with Gasteiger partial charge >= 0.3 is 0 Å². The van der Waals surface area contributed by atoms with Crippen molar-refractivity contribution >= 4 is 50.8 Å². The molecule has 2 heterocycles. The van der Waals surface area contributed by atoms with E-state index in [0.29, 0.717) is 37.3 Å². The Morgan fingerprint density at radius 1 is 1.15 bits per heavy atom. The Hall–Kier alpha value is -2.03. The number of nitrogens with one attached hydrogen (secondary N) is 1. The van der Waals surface area contributed by atoms with Gasteiger partial charge in [0.05, 0.1) is 21.1 Å². The number of aromatic nitrogens is 1. The number of thioether (sulfide) groups is 1. The van der Waals surface area contributed by atoms with Gasteiger partial charge in [0.15, 0.2) is 5.78 Å². The first-order chi connectivity index (χ1) is 19.8. The van der Waals surface area contributed by atoms with Crippen molar-refractivity contribution in [1.29, 1.82) is 0 Å². The predicted molar refractivity (Wildman–Crippen MR) is 172 cm³/mol. The number of carbonyl (C=O) groups excluding carboxylic acids is 3. The van der Waals surface area contributed by atoms with Crippen LogP contribution in [0.3, 0.4) is 0 Å². The van der Waals surface area contributed by atoms with Crippen LogP contribution >= 0.6 is 23.1 Å². The summed E-state index contributed by atoms with van der Waals surface area (Å²) in [5.74, 6) is 2.34. The summed E-state index contributed by atoms with van der Waals surface area (Å²) in [4.78, 5) is 46.1. The number of ketones is 2. The van der Waals surface area contributed by atoms with Crippen molar-refractivity contribution in [3.8, 4) is 0 Å². The highest BCUT2D eigenvalue weighted by Gasteiger charge is 2.27. The quantitative estimate of drug-likeness (QED) is 0.239. The Morgan fingerprint density at radius 3 is 2.61 bits per heavy atom. The van der Waals surface area contributed by atoms with Crippen LogP contribution in [0.25, 0.3) is 10.2 Å². The first kappa shape index (κ1) is 31.9. The Bertz CT molecular complexity index is 1200.